The Kier molecular flexibility index (Phi) is 4.54. The van der Waals surface area contributed by atoms with Crippen LogP contribution in [0.5, 0.6) is 5.75 Å². The lowest BCUT2D eigenvalue weighted by Gasteiger charge is -2.22. The average Bonchev–Trinajstić information content (AvgIpc) is 2.25. The summed E-state index contributed by atoms with van der Waals surface area (Å²) in [5, 5.41) is 9.33. The van der Waals surface area contributed by atoms with Gasteiger partial charge in [0.15, 0.2) is 0 Å². The van der Waals surface area contributed by atoms with Crippen LogP contribution in [0.1, 0.15) is 20.8 Å². The van der Waals surface area contributed by atoms with Gasteiger partial charge in [-0.15, -0.1) is 0 Å². The zero-order valence-electron chi connectivity index (χ0n) is 10.4. The molecular formula is C12H19NO3S. The van der Waals surface area contributed by atoms with Gasteiger partial charge in [0.1, 0.15) is 5.75 Å². The number of benzene rings is 1. The van der Waals surface area contributed by atoms with Crippen molar-refractivity contribution >= 4 is 10.0 Å². The Balaban J connectivity index is 3.08. The summed E-state index contributed by atoms with van der Waals surface area (Å²) in [6, 6.07) is 5.76. The predicted octanol–water partition coefficient (Wildman–Crippen LogP) is 2.06. The molecule has 0 aromatic heterocycles. The minimum atomic E-state index is -3.50. The number of rotatable bonds is 5. The lowest BCUT2D eigenvalue weighted by molar-refractivity contribution is 0.380. The molecule has 0 heterocycles. The Hall–Kier alpha value is -1.07. The molecule has 1 rings (SSSR count). The quantitative estimate of drug-likeness (QED) is 0.878. The lowest BCUT2D eigenvalue weighted by atomic mass is 10.2. The zero-order valence-corrected chi connectivity index (χ0v) is 11.2. The van der Waals surface area contributed by atoms with Crippen LogP contribution >= 0.6 is 0 Å². The third kappa shape index (κ3) is 3.44. The van der Waals surface area contributed by atoms with Crippen molar-refractivity contribution in [2.24, 2.45) is 5.92 Å². The molecule has 1 N–H and O–H groups in total. The van der Waals surface area contributed by atoms with Crippen molar-refractivity contribution in [2.45, 2.75) is 25.7 Å². The summed E-state index contributed by atoms with van der Waals surface area (Å²) in [6.07, 6.45) is 0. The second-order valence-electron chi connectivity index (χ2n) is 4.35. The van der Waals surface area contributed by atoms with Gasteiger partial charge in [-0.3, -0.25) is 0 Å². The van der Waals surface area contributed by atoms with Gasteiger partial charge in [0.05, 0.1) is 4.90 Å². The zero-order chi connectivity index (χ0) is 13.1. The van der Waals surface area contributed by atoms with Gasteiger partial charge in [0.2, 0.25) is 10.0 Å². The summed E-state index contributed by atoms with van der Waals surface area (Å²) in [6.45, 7) is 6.66. The van der Waals surface area contributed by atoms with Crippen LogP contribution in [0, 0.1) is 5.92 Å². The Labute approximate surface area is 103 Å². The second-order valence-corrected chi connectivity index (χ2v) is 6.28. The number of aromatic hydroxyl groups is 1. The molecule has 96 valence electrons. The second kappa shape index (κ2) is 5.51. The SMILES string of the molecule is CCN(CC(C)C)S(=O)(=O)c1cccc(O)c1. The van der Waals surface area contributed by atoms with E-state index >= 15 is 0 Å². The smallest absolute Gasteiger partial charge is 0.243 e. The van der Waals surface area contributed by atoms with E-state index in [2.05, 4.69) is 0 Å². The summed E-state index contributed by atoms with van der Waals surface area (Å²) in [5.41, 5.74) is 0. The fraction of sp³-hybridized carbons (Fsp3) is 0.500. The average molecular weight is 257 g/mol. The van der Waals surface area contributed by atoms with Crippen molar-refractivity contribution in [3.05, 3.63) is 24.3 Å². The molecule has 0 aliphatic heterocycles. The van der Waals surface area contributed by atoms with Gasteiger partial charge >= 0.3 is 0 Å². The van der Waals surface area contributed by atoms with E-state index in [1.807, 2.05) is 20.8 Å². The van der Waals surface area contributed by atoms with E-state index in [4.69, 9.17) is 0 Å². The normalized spacial score (nSPS) is 12.3. The molecule has 0 atom stereocenters. The molecule has 0 saturated carbocycles. The first kappa shape index (κ1) is 14.0. The van der Waals surface area contributed by atoms with Crippen LogP contribution in [0.25, 0.3) is 0 Å². The molecule has 0 saturated heterocycles. The maximum absolute atomic E-state index is 12.3. The van der Waals surface area contributed by atoms with E-state index in [0.29, 0.717) is 13.1 Å². The van der Waals surface area contributed by atoms with E-state index in [-0.39, 0.29) is 16.6 Å². The molecule has 0 bridgehead atoms. The van der Waals surface area contributed by atoms with Gasteiger partial charge in [0.25, 0.3) is 0 Å². The summed E-state index contributed by atoms with van der Waals surface area (Å²) in [5.74, 6) is 0.230. The highest BCUT2D eigenvalue weighted by molar-refractivity contribution is 7.89. The van der Waals surface area contributed by atoms with Crippen molar-refractivity contribution in [1.82, 2.24) is 4.31 Å². The molecule has 4 nitrogen and oxygen atoms in total. The third-order valence-corrected chi connectivity index (χ3v) is 4.31. The molecule has 0 aliphatic carbocycles. The number of hydrogen-bond donors (Lipinski definition) is 1. The van der Waals surface area contributed by atoms with Gasteiger partial charge in [0, 0.05) is 13.1 Å². The van der Waals surface area contributed by atoms with Crippen molar-refractivity contribution in [3.8, 4) is 5.75 Å². The lowest BCUT2D eigenvalue weighted by Crippen LogP contribution is -2.34. The van der Waals surface area contributed by atoms with Crippen LogP contribution in [0.3, 0.4) is 0 Å². The van der Waals surface area contributed by atoms with Gasteiger partial charge in [-0.2, -0.15) is 4.31 Å². The third-order valence-electron chi connectivity index (χ3n) is 2.38. The molecule has 0 radical (unpaired) electrons. The topological polar surface area (TPSA) is 57.6 Å². The monoisotopic (exact) mass is 257 g/mol. The highest BCUT2D eigenvalue weighted by Gasteiger charge is 2.23. The highest BCUT2D eigenvalue weighted by atomic mass is 32.2. The van der Waals surface area contributed by atoms with E-state index in [9.17, 15) is 13.5 Å². The number of sulfonamides is 1. The van der Waals surface area contributed by atoms with Crippen molar-refractivity contribution in [2.75, 3.05) is 13.1 Å². The van der Waals surface area contributed by atoms with Crippen molar-refractivity contribution < 1.29 is 13.5 Å². The summed E-state index contributed by atoms with van der Waals surface area (Å²) < 4.78 is 26.0. The molecular weight excluding hydrogens is 238 g/mol. The van der Waals surface area contributed by atoms with E-state index in [1.165, 1.54) is 28.6 Å². The van der Waals surface area contributed by atoms with Crippen LogP contribution in [-0.2, 0) is 10.0 Å². The van der Waals surface area contributed by atoms with Gasteiger partial charge in [-0.05, 0) is 24.1 Å². The Morgan fingerprint density at radius 2 is 2.00 bits per heavy atom. The Morgan fingerprint density at radius 1 is 1.35 bits per heavy atom. The van der Waals surface area contributed by atoms with Crippen LogP contribution in [0.15, 0.2) is 29.2 Å². The van der Waals surface area contributed by atoms with E-state index < -0.39 is 10.0 Å². The Morgan fingerprint density at radius 3 is 2.47 bits per heavy atom. The first-order chi connectivity index (χ1) is 7.87. The number of phenolic OH excluding ortho intramolecular Hbond substituents is 1. The van der Waals surface area contributed by atoms with Gasteiger partial charge in [-0.1, -0.05) is 26.8 Å². The number of hydrogen-bond acceptors (Lipinski definition) is 3. The van der Waals surface area contributed by atoms with Crippen LogP contribution in [-0.4, -0.2) is 30.9 Å². The van der Waals surface area contributed by atoms with Crippen LogP contribution < -0.4 is 0 Å². The summed E-state index contributed by atoms with van der Waals surface area (Å²) in [7, 11) is -3.50. The standard InChI is InChI=1S/C12H19NO3S/c1-4-13(9-10(2)3)17(15,16)12-7-5-6-11(14)8-12/h5-8,10,14H,4,9H2,1-3H3. The van der Waals surface area contributed by atoms with Gasteiger partial charge in [-0.25, -0.2) is 8.42 Å². The minimum Gasteiger partial charge on any atom is -0.508 e. The highest BCUT2D eigenvalue weighted by Crippen LogP contribution is 2.20. The van der Waals surface area contributed by atoms with Crippen LogP contribution in [0.2, 0.25) is 0 Å². The maximum atomic E-state index is 12.3. The molecule has 0 amide bonds. The fourth-order valence-electron chi connectivity index (χ4n) is 1.60. The van der Waals surface area contributed by atoms with E-state index in [1.54, 1.807) is 0 Å². The fourth-order valence-corrected chi connectivity index (χ4v) is 3.25. The van der Waals surface area contributed by atoms with Crippen molar-refractivity contribution in [3.63, 3.8) is 0 Å². The first-order valence-electron chi connectivity index (χ1n) is 5.67. The van der Waals surface area contributed by atoms with Gasteiger partial charge < -0.3 is 5.11 Å². The summed E-state index contributed by atoms with van der Waals surface area (Å²) >= 11 is 0. The largest absolute Gasteiger partial charge is 0.508 e. The molecule has 5 heteroatoms. The molecule has 1 aromatic carbocycles. The van der Waals surface area contributed by atoms with Crippen molar-refractivity contribution in [1.29, 1.82) is 0 Å². The molecule has 0 fully saturated rings. The summed E-state index contributed by atoms with van der Waals surface area (Å²) in [4.78, 5) is 0.139. The molecule has 0 unspecified atom stereocenters. The molecule has 0 aliphatic rings. The molecule has 1 aromatic rings. The van der Waals surface area contributed by atoms with Crippen LogP contribution in [0.4, 0.5) is 0 Å². The molecule has 0 spiro atoms. The predicted molar refractivity (Wildman–Crippen MR) is 67.4 cm³/mol. The Bertz CT molecular complexity index is 468. The number of nitrogens with zero attached hydrogens (tertiary/aromatic N) is 1. The molecule has 17 heavy (non-hydrogen) atoms. The van der Waals surface area contributed by atoms with E-state index in [0.717, 1.165) is 0 Å². The first-order valence-corrected chi connectivity index (χ1v) is 7.11. The maximum Gasteiger partial charge on any atom is 0.243 e. The minimum absolute atomic E-state index is 0.0355. The number of phenols is 1.